The summed E-state index contributed by atoms with van der Waals surface area (Å²) in [5, 5.41) is 2.79. The van der Waals surface area contributed by atoms with Gasteiger partial charge in [-0.05, 0) is 44.5 Å². The van der Waals surface area contributed by atoms with Crippen LogP contribution >= 0.6 is 11.8 Å². The van der Waals surface area contributed by atoms with E-state index < -0.39 is 23.8 Å². The molecule has 0 aromatic heterocycles. The largest absolute Gasteiger partial charge is 0.450 e. The highest BCUT2D eigenvalue weighted by Gasteiger charge is 2.37. The zero-order valence-electron chi connectivity index (χ0n) is 13.7. The zero-order valence-corrected chi connectivity index (χ0v) is 14.6. The first-order chi connectivity index (χ1) is 11.3. The molecular formula is C15H26F3N3O2S. The maximum absolute atomic E-state index is 12.0. The van der Waals surface area contributed by atoms with Crippen molar-refractivity contribution in [1.82, 2.24) is 10.2 Å². The highest BCUT2D eigenvalue weighted by atomic mass is 32.2. The number of amides is 1. The van der Waals surface area contributed by atoms with Crippen LogP contribution in [0.2, 0.25) is 0 Å². The number of nitrogens with zero attached hydrogens (tertiary/aromatic N) is 1. The molecule has 0 unspecified atom stereocenters. The standard InChI is InChI=1S/C15H26F3N3O2S/c16-15(17,18)13(22)11-24-10-4-5-12(19)14(23)20-6-9-21-7-2-1-3-8-21/h12H,1-11,19H2,(H,20,23)/t12-/m0/s1. The van der Waals surface area contributed by atoms with Crippen molar-refractivity contribution in [3.05, 3.63) is 0 Å². The Labute approximate surface area is 144 Å². The van der Waals surface area contributed by atoms with E-state index in [-0.39, 0.29) is 5.91 Å². The number of hydrogen-bond donors (Lipinski definition) is 2. The van der Waals surface area contributed by atoms with Crippen LogP contribution in [-0.4, -0.2) is 66.5 Å². The Balaban J connectivity index is 2.04. The molecule has 3 N–H and O–H groups in total. The quantitative estimate of drug-likeness (QED) is 0.572. The Morgan fingerprint density at radius 3 is 2.50 bits per heavy atom. The SMILES string of the molecule is N[C@@H](CCCSCC(=O)C(F)(F)F)C(=O)NCCN1CCCCC1. The van der Waals surface area contributed by atoms with Gasteiger partial charge in [-0.25, -0.2) is 0 Å². The summed E-state index contributed by atoms with van der Waals surface area (Å²) in [6, 6.07) is -0.662. The van der Waals surface area contributed by atoms with Gasteiger partial charge in [-0.3, -0.25) is 9.59 Å². The minimum atomic E-state index is -4.77. The number of piperidine rings is 1. The number of ketones is 1. The van der Waals surface area contributed by atoms with E-state index in [2.05, 4.69) is 10.2 Å². The lowest BCUT2D eigenvalue weighted by Crippen LogP contribution is -2.44. The van der Waals surface area contributed by atoms with Crippen molar-refractivity contribution in [3.63, 3.8) is 0 Å². The van der Waals surface area contributed by atoms with E-state index in [4.69, 9.17) is 5.73 Å². The van der Waals surface area contributed by atoms with Crippen LogP contribution in [0.4, 0.5) is 13.2 Å². The predicted molar refractivity (Wildman–Crippen MR) is 88.9 cm³/mol. The lowest BCUT2D eigenvalue weighted by atomic mass is 10.1. The van der Waals surface area contributed by atoms with Crippen molar-refractivity contribution in [2.45, 2.75) is 44.3 Å². The van der Waals surface area contributed by atoms with Gasteiger partial charge in [0.15, 0.2) is 0 Å². The predicted octanol–water partition coefficient (Wildman–Crippen LogP) is 1.56. The topological polar surface area (TPSA) is 75.4 Å². The van der Waals surface area contributed by atoms with Crippen molar-refractivity contribution in [2.24, 2.45) is 5.73 Å². The van der Waals surface area contributed by atoms with E-state index in [1.165, 1.54) is 19.3 Å². The molecule has 0 bridgehead atoms. The molecule has 0 aliphatic carbocycles. The van der Waals surface area contributed by atoms with Gasteiger partial charge in [-0.1, -0.05) is 6.42 Å². The maximum Gasteiger partial charge on any atom is 0.450 e. The number of carbonyl (C=O) groups is 2. The van der Waals surface area contributed by atoms with Crippen molar-refractivity contribution < 1.29 is 22.8 Å². The number of Topliss-reactive ketones (excluding diaryl/α,β-unsaturated/α-hetero) is 1. The van der Waals surface area contributed by atoms with E-state index in [0.717, 1.165) is 31.4 Å². The molecule has 9 heteroatoms. The molecule has 24 heavy (non-hydrogen) atoms. The van der Waals surface area contributed by atoms with Crippen LogP contribution in [0.5, 0.6) is 0 Å². The third-order valence-electron chi connectivity index (χ3n) is 3.87. The summed E-state index contributed by atoms with van der Waals surface area (Å²) >= 11 is 0.915. The van der Waals surface area contributed by atoms with E-state index in [1.807, 2.05) is 0 Å². The second kappa shape index (κ2) is 10.9. The van der Waals surface area contributed by atoms with E-state index in [9.17, 15) is 22.8 Å². The molecule has 1 amide bonds. The van der Waals surface area contributed by atoms with Crippen molar-refractivity contribution in [2.75, 3.05) is 37.7 Å². The summed E-state index contributed by atoms with van der Waals surface area (Å²) in [4.78, 5) is 24.8. The third kappa shape index (κ3) is 8.89. The van der Waals surface area contributed by atoms with E-state index in [0.29, 0.717) is 25.1 Å². The molecule has 0 aromatic rings. The lowest BCUT2D eigenvalue weighted by Gasteiger charge is -2.26. The Bertz CT molecular complexity index is 402. The molecule has 1 saturated heterocycles. The monoisotopic (exact) mass is 369 g/mol. The molecular weight excluding hydrogens is 343 g/mol. The van der Waals surface area contributed by atoms with Crippen molar-refractivity contribution >= 4 is 23.5 Å². The Hall–Kier alpha value is -0.800. The number of alkyl halides is 3. The van der Waals surface area contributed by atoms with Crippen LogP contribution < -0.4 is 11.1 Å². The average Bonchev–Trinajstić information content (AvgIpc) is 2.54. The fourth-order valence-electron chi connectivity index (χ4n) is 2.43. The third-order valence-corrected chi connectivity index (χ3v) is 4.91. The number of carbonyl (C=O) groups excluding carboxylic acids is 2. The highest BCUT2D eigenvalue weighted by Crippen LogP contribution is 2.19. The van der Waals surface area contributed by atoms with E-state index >= 15 is 0 Å². The number of nitrogens with two attached hydrogens (primary N) is 1. The summed E-state index contributed by atoms with van der Waals surface area (Å²) < 4.78 is 36.0. The highest BCUT2D eigenvalue weighted by molar-refractivity contribution is 7.99. The molecule has 1 rings (SSSR count). The molecule has 0 saturated carbocycles. The van der Waals surface area contributed by atoms with Crippen LogP contribution in [0.1, 0.15) is 32.1 Å². The van der Waals surface area contributed by atoms with Gasteiger partial charge in [-0.2, -0.15) is 24.9 Å². The summed E-state index contributed by atoms with van der Waals surface area (Å²) in [7, 11) is 0. The van der Waals surface area contributed by atoms with Gasteiger partial charge in [0.25, 0.3) is 0 Å². The normalized spacial score (nSPS) is 17.5. The molecule has 1 aliphatic heterocycles. The smallest absolute Gasteiger partial charge is 0.353 e. The zero-order chi connectivity index (χ0) is 18.0. The second-order valence-electron chi connectivity index (χ2n) is 5.92. The number of rotatable bonds is 10. The Morgan fingerprint density at radius 1 is 1.21 bits per heavy atom. The Morgan fingerprint density at radius 2 is 1.88 bits per heavy atom. The fourth-order valence-corrected chi connectivity index (χ4v) is 3.30. The summed E-state index contributed by atoms with van der Waals surface area (Å²) in [6.45, 7) is 3.50. The molecule has 0 radical (unpaired) electrons. The van der Waals surface area contributed by atoms with Gasteiger partial charge in [-0.15, -0.1) is 0 Å². The number of halogens is 3. The van der Waals surface area contributed by atoms with Gasteiger partial charge in [0.2, 0.25) is 11.7 Å². The minimum Gasteiger partial charge on any atom is -0.353 e. The first-order valence-corrected chi connectivity index (χ1v) is 9.39. The second-order valence-corrected chi connectivity index (χ2v) is 7.02. The average molecular weight is 369 g/mol. The maximum atomic E-state index is 12.0. The number of hydrogen-bond acceptors (Lipinski definition) is 5. The van der Waals surface area contributed by atoms with Gasteiger partial charge < -0.3 is 16.0 Å². The van der Waals surface area contributed by atoms with Crippen LogP contribution in [0.25, 0.3) is 0 Å². The van der Waals surface area contributed by atoms with E-state index in [1.54, 1.807) is 0 Å². The molecule has 1 fully saturated rings. The molecule has 1 heterocycles. The number of likely N-dealkylation sites (tertiary alicyclic amines) is 1. The first kappa shape index (κ1) is 21.2. The van der Waals surface area contributed by atoms with Crippen LogP contribution in [0.15, 0.2) is 0 Å². The van der Waals surface area contributed by atoms with Gasteiger partial charge in [0.1, 0.15) is 0 Å². The molecule has 140 valence electrons. The molecule has 5 nitrogen and oxygen atoms in total. The molecule has 1 atom stereocenters. The lowest BCUT2D eigenvalue weighted by molar-refractivity contribution is -0.167. The van der Waals surface area contributed by atoms with Gasteiger partial charge >= 0.3 is 6.18 Å². The van der Waals surface area contributed by atoms with Gasteiger partial charge in [0, 0.05) is 13.1 Å². The first-order valence-electron chi connectivity index (χ1n) is 8.24. The number of thioether (sulfide) groups is 1. The summed E-state index contributed by atoms with van der Waals surface area (Å²) in [5.74, 6) is -2.17. The molecule has 0 aromatic carbocycles. The molecule has 0 spiro atoms. The summed E-state index contributed by atoms with van der Waals surface area (Å²) in [5.41, 5.74) is 5.77. The van der Waals surface area contributed by atoms with Crippen molar-refractivity contribution in [1.29, 1.82) is 0 Å². The number of nitrogens with one attached hydrogen (secondary N) is 1. The van der Waals surface area contributed by atoms with Crippen molar-refractivity contribution in [3.8, 4) is 0 Å². The Kier molecular flexibility index (Phi) is 9.68. The molecule has 1 aliphatic rings. The van der Waals surface area contributed by atoms with Crippen LogP contribution in [0.3, 0.4) is 0 Å². The minimum absolute atomic E-state index is 0.233. The van der Waals surface area contributed by atoms with Crippen LogP contribution in [-0.2, 0) is 9.59 Å². The fraction of sp³-hybridized carbons (Fsp3) is 0.867. The van der Waals surface area contributed by atoms with Gasteiger partial charge in [0.05, 0.1) is 11.8 Å². The summed E-state index contributed by atoms with van der Waals surface area (Å²) in [6.07, 6.45) is -0.221. The van der Waals surface area contributed by atoms with Crippen LogP contribution in [0, 0.1) is 0 Å².